The predicted molar refractivity (Wildman–Crippen MR) is 49.1 cm³/mol. The van der Waals surface area contributed by atoms with Gasteiger partial charge in [0.25, 0.3) is 0 Å². The first-order valence-electron chi connectivity index (χ1n) is 3.79. The molecular weight excluding hydrogens is 186 g/mol. The molecule has 0 unspecified atom stereocenters. The van der Waals surface area contributed by atoms with E-state index in [-0.39, 0.29) is 17.0 Å². The molecule has 14 heavy (non-hydrogen) atoms. The summed E-state index contributed by atoms with van der Waals surface area (Å²) in [6.45, 7) is 0. The van der Waals surface area contributed by atoms with E-state index in [1.165, 1.54) is 12.3 Å². The van der Waals surface area contributed by atoms with E-state index < -0.39 is 5.97 Å². The highest BCUT2D eigenvalue weighted by atomic mass is 16.4. The number of H-pyrrole nitrogens is 1. The van der Waals surface area contributed by atoms with Gasteiger partial charge in [-0.2, -0.15) is 5.10 Å². The fraction of sp³-hybridized carbons (Fsp3) is 0. The summed E-state index contributed by atoms with van der Waals surface area (Å²) in [5.74, 6) is -1.45. The highest BCUT2D eigenvalue weighted by Gasteiger charge is 2.17. The number of nitrogens with zero attached hydrogens (tertiary/aromatic N) is 1. The second-order valence-corrected chi connectivity index (χ2v) is 2.82. The number of carboxylic acid groups (broad SMARTS) is 1. The van der Waals surface area contributed by atoms with Crippen LogP contribution in [0.2, 0.25) is 0 Å². The maximum absolute atomic E-state index is 10.8. The fourth-order valence-corrected chi connectivity index (χ4v) is 1.32. The molecule has 72 valence electrons. The van der Waals surface area contributed by atoms with Gasteiger partial charge in [-0.1, -0.05) is 0 Å². The van der Waals surface area contributed by atoms with Crippen molar-refractivity contribution in [2.75, 3.05) is 5.73 Å². The molecule has 0 aliphatic heterocycles. The number of hydrogen-bond acceptors (Lipinski definition) is 4. The van der Waals surface area contributed by atoms with Crippen LogP contribution in [0.15, 0.2) is 12.3 Å². The number of carbonyl (C=O) groups is 1. The molecule has 2 rings (SSSR count). The molecule has 5 N–H and O–H groups in total. The molecule has 1 heterocycles. The summed E-state index contributed by atoms with van der Waals surface area (Å²) in [7, 11) is 0. The van der Waals surface area contributed by atoms with Gasteiger partial charge in [-0.3, -0.25) is 5.10 Å². The van der Waals surface area contributed by atoms with Gasteiger partial charge >= 0.3 is 5.97 Å². The number of aromatic amines is 1. The number of phenolic OH excluding ortho intramolecular Hbond substituents is 1. The molecule has 6 nitrogen and oxygen atoms in total. The Kier molecular flexibility index (Phi) is 1.57. The van der Waals surface area contributed by atoms with Crippen LogP contribution in [-0.2, 0) is 0 Å². The summed E-state index contributed by atoms with van der Waals surface area (Å²) in [6, 6.07) is 1.36. The second kappa shape index (κ2) is 2.63. The normalized spacial score (nSPS) is 10.6. The first kappa shape index (κ1) is 8.36. The van der Waals surface area contributed by atoms with Gasteiger partial charge in [-0.05, 0) is 6.07 Å². The fourth-order valence-electron chi connectivity index (χ4n) is 1.32. The highest BCUT2D eigenvalue weighted by molar-refractivity contribution is 6.08. The Morgan fingerprint density at radius 1 is 1.57 bits per heavy atom. The van der Waals surface area contributed by atoms with Crippen LogP contribution in [0.25, 0.3) is 10.9 Å². The van der Waals surface area contributed by atoms with Crippen LogP contribution in [0.3, 0.4) is 0 Å². The molecule has 0 saturated heterocycles. The summed E-state index contributed by atoms with van der Waals surface area (Å²) in [4.78, 5) is 10.8. The van der Waals surface area contributed by atoms with Crippen molar-refractivity contribution in [3.63, 3.8) is 0 Å². The number of aromatic carboxylic acids is 1. The minimum atomic E-state index is -1.20. The number of rotatable bonds is 1. The van der Waals surface area contributed by atoms with Crippen molar-refractivity contribution in [3.8, 4) is 5.75 Å². The molecule has 0 radical (unpaired) electrons. The minimum absolute atomic E-state index is 0.155. The number of carboxylic acids is 1. The molecular formula is C8H7N3O3. The van der Waals surface area contributed by atoms with E-state index in [0.717, 1.165) is 0 Å². The van der Waals surface area contributed by atoms with Crippen molar-refractivity contribution in [2.45, 2.75) is 0 Å². The van der Waals surface area contributed by atoms with Crippen LogP contribution >= 0.6 is 0 Å². The molecule has 6 heteroatoms. The van der Waals surface area contributed by atoms with Crippen molar-refractivity contribution in [1.82, 2.24) is 10.2 Å². The van der Waals surface area contributed by atoms with Crippen molar-refractivity contribution in [3.05, 3.63) is 17.8 Å². The third kappa shape index (κ3) is 0.972. The number of aromatic hydroxyl groups is 1. The molecule has 0 saturated carbocycles. The molecule has 2 aromatic rings. The van der Waals surface area contributed by atoms with Gasteiger partial charge in [0.2, 0.25) is 0 Å². The SMILES string of the molecule is Nc1c(O)cc2cn[nH]c2c1C(=O)O. The first-order chi connectivity index (χ1) is 6.61. The van der Waals surface area contributed by atoms with Crippen molar-refractivity contribution < 1.29 is 15.0 Å². The van der Waals surface area contributed by atoms with E-state index in [4.69, 9.17) is 10.8 Å². The van der Waals surface area contributed by atoms with Gasteiger partial charge in [0, 0.05) is 5.39 Å². The lowest BCUT2D eigenvalue weighted by molar-refractivity contribution is 0.0699. The number of nitrogens with one attached hydrogen (secondary N) is 1. The number of nitrogen functional groups attached to an aromatic ring is 1. The number of aromatic nitrogens is 2. The van der Waals surface area contributed by atoms with E-state index >= 15 is 0 Å². The molecule has 0 aliphatic carbocycles. The van der Waals surface area contributed by atoms with E-state index in [1.807, 2.05) is 0 Å². The van der Waals surface area contributed by atoms with E-state index in [2.05, 4.69) is 10.2 Å². The Morgan fingerprint density at radius 2 is 2.29 bits per heavy atom. The topological polar surface area (TPSA) is 112 Å². The minimum Gasteiger partial charge on any atom is -0.506 e. The molecule has 0 fully saturated rings. The van der Waals surface area contributed by atoms with Crippen molar-refractivity contribution in [1.29, 1.82) is 0 Å². The van der Waals surface area contributed by atoms with Gasteiger partial charge < -0.3 is 15.9 Å². The van der Waals surface area contributed by atoms with Crippen LogP contribution in [0.5, 0.6) is 5.75 Å². The van der Waals surface area contributed by atoms with Gasteiger partial charge in [-0.15, -0.1) is 0 Å². The lowest BCUT2D eigenvalue weighted by Crippen LogP contribution is -2.03. The zero-order chi connectivity index (χ0) is 10.3. The van der Waals surface area contributed by atoms with Crippen LogP contribution < -0.4 is 5.73 Å². The van der Waals surface area contributed by atoms with Crippen LogP contribution in [0, 0.1) is 0 Å². The van der Waals surface area contributed by atoms with Gasteiger partial charge in [0.15, 0.2) is 0 Å². The Hall–Kier alpha value is -2.24. The Balaban J connectivity index is 2.93. The lowest BCUT2D eigenvalue weighted by Gasteiger charge is -2.03. The van der Waals surface area contributed by atoms with E-state index in [1.54, 1.807) is 0 Å². The maximum Gasteiger partial charge on any atom is 0.340 e. The molecule has 0 aliphatic rings. The summed E-state index contributed by atoms with van der Waals surface area (Å²) in [5, 5.41) is 24.9. The van der Waals surface area contributed by atoms with E-state index in [9.17, 15) is 9.90 Å². The average molecular weight is 193 g/mol. The number of nitrogens with two attached hydrogens (primary N) is 1. The molecule has 1 aromatic carbocycles. The molecule has 0 spiro atoms. The summed E-state index contributed by atoms with van der Waals surface area (Å²) in [5.41, 5.74) is 5.43. The third-order valence-corrected chi connectivity index (χ3v) is 1.97. The smallest absolute Gasteiger partial charge is 0.340 e. The zero-order valence-electron chi connectivity index (χ0n) is 6.98. The zero-order valence-corrected chi connectivity index (χ0v) is 6.98. The Morgan fingerprint density at radius 3 is 2.93 bits per heavy atom. The Labute approximate surface area is 78.0 Å². The van der Waals surface area contributed by atoms with Crippen LogP contribution in [-0.4, -0.2) is 26.4 Å². The Bertz CT molecular complexity index is 518. The number of anilines is 1. The largest absolute Gasteiger partial charge is 0.506 e. The standard InChI is InChI=1S/C8H7N3O3/c9-6-4(12)1-3-2-10-11-7(3)5(6)8(13)14/h1-2,12H,9H2,(H,10,11)(H,13,14). The quantitative estimate of drug-likeness (QED) is 0.390. The van der Waals surface area contributed by atoms with Crippen molar-refractivity contribution in [2.24, 2.45) is 0 Å². The van der Waals surface area contributed by atoms with Crippen LogP contribution in [0.4, 0.5) is 5.69 Å². The number of benzene rings is 1. The van der Waals surface area contributed by atoms with Gasteiger partial charge in [-0.25, -0.2) is 4.79 Å². The third-order valence-electron chi connectivity index (χ3n) is 1.97. The summed E-state index contributed by atoms with van der Waals surface area (Å²) in [6.07, 6.45) is 1.42. The van der Waals surface area contributed by atoms with E-state index in [0.29, 0.717) is 10.9 Å². The second-order valence-electron chi connectivity index (χ2n) is 2.82. The number of hydrogen-bond donors (Lipinski definition) is 4. The predicted octanol–water partition coefficient (Wildman–Crippen LogP) is 0.549. The lowest BCUT2D eigenvalue weighted by atomic mass is 10.1. The average Bonchev–Trinajstić information content (AvgIpc) is 2.52. The van der Waals surface area contributed by atoms with Gasteiger partial charge in [0.05, 0.1) is 17.4 Å². The molecule has 0 amide bonds. The van der Waals surface area contributed by atoms with Crippen LogP contribution in [0.1, 0.15) is 10.4 Å². The van der Waals surface area contributed by atoms with Gasteiger partial charge in [0.1, 0.15) is 11.3 Å². The summed E-state index contributed by atoms with van der Waals surface area (Å²) < 4.78 is 0. The number of phenols is 1. The first-order valence-corrected chi connectivity index (χ1v) is 3.79. The number of fused-ring (bicyclic) bond motifs is 1. The summed E-state index contributed by atoms with van der Waals surface area (Å²) >= 11 is 0. The maximum atomic E-state index is 10.8. The molecule has 0 atom stereocenters. The monoisotopic (exact) mass is 193 g/mol. The van der Waals surface area contributed by atoms with Crippen molar-refractivity contribution >= 4 is 22.6 Å². The molecule has 0 bridgehead atoms. The molecule has 1 aromatic heterocycles. The highest BCUT2D eigenvalue weighted by Crippen LogP contribution is 2.30.